The van der Waals surface area contributed by atoms with Gasteiger partial charge in [-0.3, -0.25) is 9.59 Å². The molecule has 0 aliphatic carbocycles. The average Bonchev–Trinajstić information content (AvgIpc) is 3.27. The number of nitrogens with zero attached hydrogens (tertiary/aromatic N) is 2. The number of nitrogens with one attached hydrogen (secondary N) is 1. The Morgan fingerprint density at radius 2 is 2.18 bits per heavy atom. The van der Waals surface area contributed by atoms with E-state index in [1.54, 1.807) is 25.0 Å². The zero-order valence-electron chi connectivity index (χ0n) is 15.8. The van der Waals surface area contributed by atoms with Crippen molar-refractivity contribution in [3.63, 3.8) is 0 Å². The van der Waals surface area contributed by atoms with E-state index >= 15 is 0 Å². The van der Waals surface area contributed by atoms with Crippen LogP contribution in [0.5, 0.6) is 5.75 Å². The van der Waals surface area contributed by atoms with E-state index in [-0.39, 0.29) is 24.2 Å². The van der Waals surface area contributed by atoms with Gasteiger partial charge in [-0.15, -0.1) is 0 Å². The van der Waals surface area contributed by atoms with Crippen LogP contribution in [-0.4, -0.2) is 30.5 Å². The number of oxazole rings is 1. The van der Waals surface area contributed by atoms with Crippen LogP contribution in [0.25, 0.3) is 11.1 Å². The van der Waals surface area contributed by atoms with Crippen LogP contribution in [0.15, 0.2) is 46.9 Å². The highest BCUT2D eigenvalue weighted by atomic mass is 16.5. The Morgan fingerprint density at radius 1 is 1.32 bits per heavy atom. The summed E-state index contributed by atoms with van der Waals surface area (Å²) in [5.74, 6) is 0.744. The van der Waals surface area contributed by atoms with Gasteiger partial charge in [0.25, 0.3) is 0 Å². The van der Waals surface area contributed by atoms with E-state index < -0.39 is 0 Å². The van der Waals surface area contributed by atoms with Crippen LogP contribution in [0, 0.1) is 12.8 Å². The van der Waals surface area contributed by atoms with Gasteiger partial charge in [0.15, 0.2) is 11.5 Å². The molecular weight excluding hydrogens is 358 g/mol. The molecule has 2 heterocycles. The number of hydrogen-bond acceptors (Lipinski definition) is 5. The van der Waals surface area contributed by atoms with Crippen LogP contribution in [0.2, 0.25) is 0 Å². The highest BCUT2D eigenvalue weighted by molar-refractivity contribution is 6.01. The van der Waals surface area contributed by atoms with Crippen LogP contribution < -0.4 is 15.0 Å². The molecule has 1 N–H and O–H groups in total. The summed E-state index contributed by atoms with van der Waals surface area (Å²) in [5.41, 5.74) is 3.06. The lowest BCUT2D eigenvalue weighted by molar-refractivity contribution is -0.126. The summed E-state index contributed by atoms with van der Waals surface area (Å²) in [4.78, 5) is 31.0. The van der Waals surface area contributed by atoms with Crippen molar-refractivity contribution in [3.8, 4) is 5.75 Å². The predicted octanol–water partition coefficient (Wildman–Crippen LogP) is 2.81. The molecule has 7 nitrogen and oxygen atoms in total. The molecule has 28 heavy (non-hydrogen) atoms. The molecule has 1 aliphatic rings. The molecule has 1 aliphatic heterocycles. The number of methoxy groups -OCH3 is 1. The fourth-order valence-electron chi connectivity index (χ4n) is 3.45. The van der Waals surface area contributed by atoms with Crippen molar-refractivity contribution < 1.29 is 18.7 Å². The highest BCUT2D eigenvalue weighted by Crippen LogP contribution is 2.28. The number of fused-ring (bicyclic) bond motifs is 1. The van der Waals surface area contributed by atoms with E-state index in [0.29, 0.717) is 30.1 Å². The van der Waals surface area contributed by atoms with Gasteiger partial charge in [0.05, 0.1) is 13.0 Å². The molecule has 0 bridgehead atoms. The Kier molecular flexibility index (Phi) is 4.73. The smallest absolute Gasteiger partial charge is 0.227 e. The van der Waals surface area contributed by atoms with Gasteiger partial charge in [0.1, 0.15) is 11.3 Å². The fourth-order valence-corrected chi connectivity index (χ4v) is 3.45. The van der Waals surface area contributed by atoms with Crippen molar-refractivity contribution in [2.24, 2.45) is 5.92 Å². The number of aryl methyl sites for hydroxylation is 1. The van der Waals surface area contributed by atoms with E-state index in [4.69, 9.17) is 9.15 Å². The number of benzene rings is 2. The monoisotopic (exact) mass is 379 g/mol. The maximum Gasteiger partial charge on any atom is 0.227 e. The van der Waals surface area contributed by atoms with Crippen molar-refractivity contribution >= 4 is 28.6 Å². The molecule has 144 valence electrons. The first-order valence-corrected chi connectivity index (χ1v) is 9.11. The lowest BCUT2D eigenvalue weighted by Crippen LogP contribution is -2.32. The highest BCUT2D eigenvalue weighted by Gasteiger charge is 2.35. The fraction of sp³-hybridized carbons (Fsp3) is 0.286. The third kappa shape index (κ3) is 3.55. The first-order valence-electron chi connectivity index (χ1n) is 9.11. The lowest BCUT2D eigenvalue weighted by Gasteiger charge is -2.16. The van der Waals surface area contributed by atoms with Gasteiger partial charge < -0.3 is 19.4 Å². The van der Waals surface area contributed by atoms with Gasteiger partial charge in [0.2, 0.25) is 11.8 Å². The number of amides is 2. The maximum atomic E-state index is 12.6. The SMILES string of the molecule is COc1cccc(CNC(=O)[C@@H]2CC(=O)N(c3ccc4oc(C)nc4c3)C2)c1. The minimum absolute atomic E-state index is 0.0684. The van der Waals surface area contributed by atoms with Gasteiger partial charge in [-0.05, 0) is 35.9 Å². The lowest BCUT2D eigenvalue weighted by atomic mass is 10.1. The minimum atomic E-state index is -0.382. The molecule has 0 unspecified atom stereocenters. The standard InChI is InChI=1S/C21H21N3O4/c1-13-23-18-10-16(6-7-19(18)28-13)24-12-15(9-20(24)25)21(26)22-11-14-4-3-5-17(8-14)27-2/h3-8,10,15H,9,11-12H2,1-2H3,(H,22,26)/t15-/m1/s1. The third-order valence-electron chi connectivity index (χ3n) is 4.89. The summed E-state index contributed by atoms with van der Waals surface area (Å²) in [6.07, 6.45) is 0.194. The Balaban J connectivity index is 1.42. The van der Waals surface area contributed by atoms with Gasteiger partial charge >= 0.3 is 0 Å². The molecule has 0 saturated carbocycles. The average molecular weight is 379 g/mol. The second-order valence-corrected chi connectivity index (χ2v) is 6.86. The molecule has 3 aromatic rings. The second-order valence-electron chi connectivity index (χ2n) is 6.86. The van der Waals surface area contributed by atoms with Gasteiger partial charge in [-0.1, -0.05) is 12.1 Å². The van der Waals surface area contributed by atoms with E-state index in [1.807, 2.05) is 36.4 Å². The summed E-state index contributed by atoms with van der Waals surface area (Å²) in [6.45, 7) is 2.53. The minimum Gasteiger partial charge on any atom is -0.497 e. The first kappa shape index (κ1) is 18.0. The Hall–Kier alpha value is -3.35. The number of aromatic nitrogens is 1. The van der Waals surface area contributed by atoms with Crippen molar-refractivity contribution in [2.45, 2.75) is 19.9 Å². The van der Waals surface area contributed by atoms with Crippen LogP contribution in [0.4, 0.5) is 5.69 Å². The van der Waals surface area contributed by atoms with E-state index in [1.165, 1.54) is 0 Å². The maximum absolute atomic E-state index is 12.6. The topological polar surface area (TPSA) is 84.7 Å². The van der Waals surface area contributed by atoms with Crippen LogP contribution in [0.1, 0.15) is 17.9 Å². The van der Waals surface area contributed by atoms with Crippen molar-refractivity contribution in [3.05, 3.63) is 53.9 Å². The van der Waals surface area contributed by atoms with E-state index in [9.17, 15) is 9.59 Å². The molecule has 1 aromatic heterocycles. The summed E-state index contributed by atoms with van der Waals surface area (Å²) >= 11 is 0. The molecule has 0 spiro atoms. The Bertz CT molecular complexity index is 1040. The second kappa shape index (κ2) is 7.34. The summed E-state index contributed by atoms with van der Waals surface area (Å²) in [5, 5.41) is 2.92. The molecule has 1 saturated heterocycles. The number of anilines is 1. The molecule has 7 heteroatoms. The third-order valence-corrected chi connectivity index (χ3v) is 4.89. The van der Waals surface area contributed by atoms with Crippen molar-refractivity contribution in [1.29, 1.82) is 0 Å². The summed E-state index contributed by atoms with van der Waals surface area (Å²) in [6, 6.07) is 13.0. The van der Waals surface area contributed by atoms with Gasteiger partial charge in [0, 0.05) is 32.1 Å². The molecule has 0 radical (unpaired) electrons. The number of hydrogen-bond donors (Lipinski definition) is 1. The zero-order chi connectivity index (χ0) is 19.7. The predicted molar refractivity (Wildman–Crippen MR) is 104 cm³/mol. The number of ether oxygens (including phenoxy) is 1. The Labute approximate surface area is 162 Å². The van der Waals surface area contributed by atoms with Gasteiger partial charge in [-0.25, -0.2) is 4.98 Å². The Morgan fingerprint density at radius 3 is 3.00 bits per heavy atom. The molecular formula is C21H21N3O4. The largest absolute Gasteiger partial charge is 0.497 e. The first-order chi connectivity index (χ1) is 13.5. The summed E-state index contributed by atoms with van der Waals surface area (Å²) in [7, 11) is 1.61. The molecule has 2 aromatic carbocycles. The van der Waals surface area contributed by atoms with Crippen LogP contribution >= 0.6 is 0 Å². The van der Waals surface area contributed by atoms with E-state index in [2.05, 4.69) is 10.3 Å². The van der Waals surface area contributed by atoms with Gasteiger partial charge in [-0.2, -0.15) is 0 Å². The van der Waals surface area contributed by atoms with Crippen molar-refractivity contribution in [2.75, 3.05) is 18.6 Å². The number of carbonyl (C=O) groups is 2. The molecule has 1 fully saturated rings. The summed E-state index contributed by atoms with van der Waals surface area (Å²) < 4.78 is 10.7. The van der Waals surface area contributed by atoms with E-state index in [0.717, 1.165) is 17.0 Å². The van der Waals surface area contributed by atoms with Crippen molar-refractivity contribution in [1.82, 2.24) is 10.3 Å². The molecule has 4 rings (SSSR count). The molecule has 2 amide bonds. The van der Waals surface area contributed by atoms with Crippen LogP contribution in [-0.2, 0) is 16.1 Å². The number of carbonyl (C=O) groups excluding carboxylic acids is 2. The quantitative estimate of drug-likeness (QED) is 0.737. The van der Waals surface area contributed by atoms with Crippen LogP contribution in [0.3, 0.4) is 0 Å². The number of rotatable bonds is 5. The zero-order valence-corrected chi connectivity index (χ0v) is 15.8. The normalized spacial score (nSPS) is 16.6. The molecule has 1 atom stereocenters.